The molecule has 0 radical (unpaired) electrons. The molecule has 0 aliphatic heterocycles. The maximum atomic E-state index is 12.7. The minimum Gasteiger partial charge on any atom is -0.493 e. The topological polar surface area (TPSA) is 106 Å². The molecule has 1 amide bonds. The molecule has 0 aliphatic rings. The van der Waals surface area contributed by atoms with Gasteiger partial charge in [0, 0.05) is 11.8 Å². The van der Waals surface area contributed by atoms with Crippen molar-refractivity contribution >= 4 is 11.6 Å². The predicted octanol–water partition coefficient (Wildman–Crippen LogP) is 2.63. The van der Waals surface area contributed by atoms with Crippen molar-refractivity contribution in [2.24, 2.45) is 0 Å². The van der Waals surface area contributed by atoms with Gasteiger partial charge >= 0.3 is 0 Å². The van der Waals surface area contributed by atoms with Gasteiger partial charge in [-0.15, -0.1) is 10.2 Å². The van der Waals surface area contributed by atoms with E-state index in [9.17, 15) is 4.79 Å². The van der Waals surface area contributed by atoms with Gasteiger partial charge in [-0.2, -0.15) is 5.10 Å². The molecule has 29 heavy (non-hydrogen) atoms. The second-order valence-electron chi connectivity index (χ2n) is 6.42. The van der Waals surface area contributed by atoms with Crippen LogP contribution in [0.4, 0.5) is 0 Å². The Balaban J connectivity index is 1.53. The molecule has 0 aliphatic carbocycles. The number of nitrogens with one attached hydrogen (secondary N) is 2. The van der Waals surface area contributed by atoms with Crippen molar-refractivity contribution in [3.8, 4) is 22.8 Å². The van der Waals surface area contributed by atoms with Gasteiger partial charge in [-0.05, 0) is 43.3 Å². The van der Waals surface area contributed by atoms with E-state index in [1.54, 1.807) is 26.4 Å². The molecule has 9 nitrogen and oxygen atoms in total. The number of amides is 1. The van der Waals surface area contributed by atoms with E-state index in [0.29, 0.717) is 28.7 Å². The summed E-state index contributed by atoms with van der Waals surface area (Å²) in [5, 5.41) is 18.2. The molecule has 0 bridgehead atoms. The first kappa shape index (κ1) is 18.5. The standard InChI is InChI=1S/C20H20N6O3/c1-12(19-25-24-18-6-4-5-9-26(18)19)21-20(27)15-11-14(22-23-15)13-7-8-16(28-2)17(10-13)29-3/h4-12H,1-3H3,(H,21,27)(H,22,23)/t12-/m1/s1. The minimum atomic E-state index is -0.340. The number of benzene rings is 1. The number of carbonyl (C=O) groups excluding carboxylic acids is 1. The van der Waals surface area contributed by atoms with Crippen molar-refractivity contribution in [1.29, 1.82) is 0 Å². The first-order chi connectivity index (χ1) is 14.1. The number of H-pyrrole nitrogens is 1. The van der Waals surface area contributed by atoms with Crippen LogP contribution in [0.25, 0.3) is 16.9 Å². The first-order valence-electron chi connectivity index (χ1n) is 8.99. The van der Waals surface area contributed by atoms with E-state index in [4.69, 9.17) is 9.47 Å². The summed E-state index contributed by atoms with van der Waals surface area (Å²) in [7, 11) is 3.15. The van der Waals surface area contributed by atoms with Gasteiger partial charge in [0.1, 0.15) is 5.69 Å². The van der Waals surface area contributed by atoms with Crippen LogP contribution in [0, 0.1) is 0 Å². The number of ether oxygens (including phenoxy) is 2. The maximum absolute atomic E-state index is 12.7. The normalized spacial score (nSPS) is 12.0. The van der Waals surface area contributed by atoms with E-state index in [-0.39, 0.29) is 11.9 Å². The monoisotopic (exact) mass is 392 g/mol. The number of methoxy groups -OCH3 is 2. The maximum Gasteiger partial charge on any atom is 0.269 e. The molecule has 4 rings (SSSR count). The van der Waals surface area contributed by atoms with Crippen molar-refractivity contribution in [3.05, 3.63) is 60.2 Å². The van der Waals surface area contributed by atoms with Gasteiger partial charge in [-0.25, -0.2) is 0 Å². The molecule has 4 aromatic rings. The number of pyridine rings is 1. The lowest BCUT2D eigenvalue weighted by molar-refractivity contribution is 0.0933. The summed E-state index contributed by atoms with van der Waals surface area (Å²) in [4.78, 5) is 12.7. The summed E-state index contributed by atoms with van der Waals surface area (Å²) in [6.07, 6.45) is 1.86. The van der Waals surface area contributed by atoms with Gasteiger partial charge in [0.05, 0.1) is 26.0 Å². The van der Waals surface area contributed by atoms with Gasteiger partial charge in [0.2, 0.25) is 0 Å². The molecule has 1 aromatic carbocycles. The molecule has 1 atom stereocenters. The highest BCUT2D eigenvalue weighted by atomic mass is 16.5. The Morgan fingerprint density at radius 2 is 1.93 bits per heavy atom. The van der Waals surface area contributed by atoms with Crippen molar-refractivity contribution in [2.75, 3.05) is 14.2 Å². The van der Waals surface area contributed by atoms with Gasteiger partial charge in [0.15, 0.2) is 23.0 Å². The molecule has 148 valence electrons. The quantitative estimate of drug-likeness (QED) is 0.522. The molecule has 0 spiro atoms. The van der Waals surface area contributed by atoms with Crippen LogP contribution in [0.1, 0.15) is 29.3 Å². The number of aromatic amines is 1. The third-order valence-corrected chi connectivity index (χ3v) is 4.58. The van der Waals surface area contributed by atoms with Crippen LogP contribution in [-0.4, -0.2) is 44.9 Å². The lowest BCUT2D eigenvalue weighted by atomic mass is 10.1. The summed E-state index contributed by atoms with van der Waals surface area (Å²) in [6, 6.07) is 12.4. The summed E-state index contributed by atoms with van der Waals surface area (Å²) >= 11 is 0. The summed E-state index contributed by atoms with van der Waals surface area (Å²) in [5.41, 5.74) is 2.49. The van der Waals surface area contributed by atoms with E-state index in [1.165, 1.54) is 0 Å². The molecule has 0 unspecified atom stereocenters. The zero-order chi connectivity index (χ0) is 20.4. The second-order valence-corrected chi connectivity index (χ2v) is 6.42. The summed E-state index contributed by atoms with van der Waals surface area (Å²) in [6.45, 7) is 1.85. The predicted molar refractivity (Wildman–Crippen MR) is 106 cm³/mol. The fourth-order valence-electron chi connectivity index (χ4n) is 3.08. The molecular formula is C20H20N6O3. The Morgan fingerprint density at radius 3 is 2.72 bits per heavy atom. The number of rotatable bonds is 6. The van der Waals surface area contributed by atoms with E-state index >= 15 is 0 Å². The number of fused-ring (bicyclic) bond motifs is 1. The van der Waals surface area contributed by atoms with Crippen molar-refractivity contribution in [1.82, 2.24) is 30.1 Å². The van der Waals surface area contributed by atoms with Crippen molar-refractivity contribution < 1.29 is 14.3 Å². The number of nitrogens with zero attached hydrogens (tertiary/aromatic N) is 4. The van der Waals surface area contributed by atoms with Crippen LogP contribution in [-0.2, 0) is 0 Å². The van der Waals surface area contributed by atoms with E-state index in [0.717, 1.165) is 11.2 Å². The molecule has 0 saturated heterocycles. The second kappa shape index (κ2) is 7.63. The van der Waals surface area contributed by atoms with E-state index < -0.39 is 0 Å². The van der Waals surface area contributed by atoms with Crippen molar-refractivity contribution in [2.45, 2.75) is 13.0 Å². The summed E-state index contributed by atoms with van der Waals surface area (Å²) in [5.74, 6) is 1.57. The summed E-state index contributed by atoms with van der Waals surface area (Å²) < 4.78 is 12.4. The van der Waals surface area contributed by atoms with Gasteiger partial charge in [-0.3, -0.25) is 14.3 Å². The zero-order valence-electron chi connectivity index (χ0n) is 16.2. The van der Waals surface area contributed by atoms with Crippen LogP contribution in [0.3, 0.4) is 0 Å². The van der Waals surface area contributed by atoms with E-state index in [2.05, 4.69) is 25.7 Å². The molecule has 0 fully saturated rings. The van der Waals surface area contributed by atoms with Gasteiger partial charge < -0.3 is 14.8 Å². The lowest BCUT2D eigenvalue weighted by Gasteiger charge is -2.11. The molecule has 0 saturated carbocycles. The SMILES string of the molecule is COc1ccc(-c2cc(C(=O)N[C@H](C)c3nnc4ccccn34)[nH]n2)cc1OC. The zero-order valence-corrected chi connectivity index (χ0v) is 16.2. The van der Waals surface area contributed by atoms with Gasteiger partial charge in [-0.1, -0.05) is 6.07 Å². The Labute approximate surface area is 166 Å². The van der Waals surface area contributed by atoms with Crippen LogP contribution in [0.15, 0.2) is 48.7 Å². The van der Waals surface area contributed by atoms with E-state index in [1.807, 2.05) is 47.9 Å². The van der Waals surface area contributed by atoms with Crippen LogP contribution in [0.2, 0.25) is 0 Å². The van der Waals surface area contributed by atoms with Crippen LogP contribution in [0.5, 0.6) is 11.5 Å². The third-order valence-electron chi connectivity index (χ3n) is 4.58. The molecule has 9 heteroatoms. The lowest BCUT2D eigenvalue weighted by Crippen LogP contribution is -2.28. The van der Waals surface area contributed by atoms with Gasteiger partial charge in [0.25, 0.3) is 5.91 Å². The fraction of sp³-hybridized carbons (Fsp3) is 0.200. The Hall–Kier alpha value is -3.88. The number of carbonyl (C=O) groups is 1. The highest BCUT2D eigenvalue weighted by molar-refractivity contribution is 5.93. The number of hydrogen-bond acceptors (Lipinski definition) is 6. The first-order valence-corrected chi connectivity index (χ1v) is 8.99. The molecular weight excluding hydrogens is 372 g/mol. The Kier molecular flexibility index (Phi) is 4.86. The Bertz CT molecular complexity index is 1170. The number of hydrogen-bond donors (Lipinski definition) is 2. The smallest absolute Gasteiger partial charge is 0.269 e. The third kappa shape index (κ3) is 3.49. The largest absolute Gasteiger partial charge is 0.493 e. The highest BCUT2D eigenvalue weighted by Gasteiger charge is 2.19. The fourth-order valence-corrected chi connectivity index (χ4v) is 3.08. The highest BCUT2D eigenvalue weighted by Crippen LogP contribution is 2.31. The van der Waals surface area contributed by atoms with Crippen LogP contribution < -0.4 is 14.8 Å². The number of aromatic nitrogens is 5. The average molecular weight is 392 g/mol. The molecule has 2 N–H and O–H groups in total. The molecule has 3 aromatic heterocycles. The molecule has 3 heterocycles. The average Bonchev–Trinajstić information content (AvgIpc) is 3.40. The van der Waals surface area contributed by atoms with Crippen molar-refractivity contribution in [3.63, 3.8) is 0 Å². The Morgan fingerprint density at radius 1 is 1.10 bits per heavy atom. The van der Waals surface area contributed by atoms with Crippen LogP contribution >= 0.6 is 0 Å². The minimum absolute atomic E-state index is 0.288.